The number of para-hydroxylation sites is 1. The van der Waals surface area contributed by atoms with Crippen molar-refractivity contribution in [3.05, 3.63) is 53.9 Å². The quantitative estimate of drug-likeness (QED) is 0.779. The molecular formula is C15H18N2O2. The summed E-state index contributed by atoms with van der Waals surface area (Å²) in [5.74, 6) is 0.713. The molecule has 4 heteroatoms. The lowest BCUT2D eigenvalue weighted by molar-refractivity contribution is 0.369. The molecule has 0 saturated carbocycles. The number of hydrogen-bond donors (Lipinski definition) is 2. The van der Waals surface area contributed by atoms with Crippen LogP contribution in [0.2, 0.25) is 0 Å². The van der Waals surface area contributed by atoms with E-state index in [9.17, 15) is 5.11 Å². The lowest BCUT2D eigenvalue weighted by atomic mass is 10.1. The van der Waals surface area contributed by atoms with E-state index >= 15 is 0 Å². The fraction of sp³-hybridized carbons (Fsp3) is 0.267. The maximum absolute atomic E-state index is 9.93. The minimum Gasteiger partial charge on any atom is -0.504 e. The summed E-state index contributed by atoms with van der Waals surface area (Å²) in [4.78, 5) is 4.07. The summed E-state index contributed by atoms with van der Waals surface area (Å²) in [5.41, 5.74) is 2.04. The first-order chi connectivity index (χ1) is 9.31. The summed E-state index contributed by atoms with van der Waals surface area (Å²) in [6.07, 6.45) is 4.55. The number of phenolic OH excluding ortho intramolecular Hbond substituents is 1. The number of nitrogens with one attached hydrogen (secondary N) is 1. The first-order valence-electron chi connectivity index (χ1n) is 6.25. The molecule has 0 fully saturated rings. The molecule has 1 heterocycles. The van der Waals surface area contributed by atoms with Gasteiger partial charge in [0.1, 0.15) is 0 Å². The molecule has 0 aliphatic carbocycles. The molecular weight excluding hydrogens is 240 g/mol. The highest BCUT2D eigenvalue weighted by Crippen LogP contribution is 2.28. The molecule has 0 aliphatic heterocycles. The fourth-order valence-electron chi connectivity index (χ4n) is 1.88. The number of hydrogen-bond acceptors (Lipinski definition) is 4. The highest BCUT2D eigenvalue weighted by molar-refractivity contribution is 5.45. The van der Waals surface area contributed by atoms with E-state index in [1.165, 1.54) is 5.56 Å². The number of ether oxygens (including phenoxy) is 1. The minimum atomic E-state index is 0.207. The van der Waals surface area contributed by atoms with Gasteiger partial charge in [-0.25, -0.2) is 0 Å². The van der Waals surface area contributed by atoms with Gasteiger partial charge in [-0.1, -0.05) is 18.2 Å². The Hall–Kier alpha value is -2.07. The Balaban J connectivity index is 1.83. The minimum absolute atomic E-state index is 0.207. The Labute approximate surface area is 113 Å². The summed E-state index contributed by atoms with van der Waals surface area (Å²) in [7, 11) is 1.55. The van der Waals surface area contributed by atoms with Crippen molar-refractivity contribution in [1.82, 2.24) is 10.3 Å². The molecule has 0 radical (unpaired) electrons. The lowest BCUT2D eigenvalue weighted by Gasteiger charge is -2.09. The number of aromatic nitrogens is 1. The van der Waals surface area contributed by atoms with Gasteiger partial charge in [0.05, 0.1) is 7.11 Å². The second kappa shape index (κ2) is 6.75. The van der Waals surface area contributed by atoms with Crippen molar-refractivity contribution >= 4 is 0 Å². The van der Waals surface area contributed by atoms with Crippen molar-refractivity contribution in [1.29, 1.82) is 0 Å². The van der Waals surface area contributed by atoms with Crippen molar-refractivity contribution in [2.75, 3.05) is 13.7 Å². The van der Waals surface area contributed by atoms with E-state index in [2.05, 4.69) is 16.4 Å². The van der Waals surface area contributed by atoms with Crippen molar-refractivity contribution in [3.63, 3.8) is 0 Å². The van der Waals surface area contributed by atoms with Gasteiger partial charge in [0.15, 0.2) is 11.5 Å². The molecule has 0 aliphatic rings. The number of rotatable bonds is 6. The predicted octanol–water partition coefficient (Wildman–Crippen LogP) is 2.13. The summed E-state index contributed by atoms with van der Waals surface area (Å²) in [5, 5.41) is 13.2. The molecule has 2 rings (SSSR count). The highest BCUT2D eigenvalue weighted by atomic mass is 16.5. The zero-order valence-electron chi connectivity index (χ0n) is 11.0. The Morgan fingerprint density at radius 1 is 1.26 bits per heavy atom. The van der Waals surface area contributed by atoms with Crippen molar-refractivity contribution in [2.24, 2.45) is 0 Å². The fourth-order valence-corrected chi connectivity index (χ4v) is 1.88. The van der Waals surface area contributed by atoms with Crippen LogP contribution in [0.3, 0.4) is 0 Å². The van der Waals surface area contributed by atoms with Crippen LogP contribution in [0, 0.1) is 0 Å². The monoisotopic (exact) mass is 258 g/mol. The van der Waals surface area contributed by atoms with Gasteiger partial charge in [0, 0.05) is 24.5 Å². The number of methoxy groups -OCH3 is 1. The van der Waals surface area contributed by atoms with Crippen LogP contribution in [0.1, 0.15) is 11.1 Å². The van der Waals surface area contributed by atoms with Gasteiger partial charge in [-0.15, -0.1) is 0 Å². The molecule has 2 aromatic rings. The van der Waals surface area contributed by atoms with E-state index in [0.29, 0.717) is 12.3 Å². The molecule has 1 aromatic carbocycles. The highest BCUT2D eigenvalue weighted by Gasteiger charge is 2.06. The normalized spacial score (nSPS) is 10.4. The molecule has 100 valence electrons. The average molecular weight is 258 g/mol. The Morgan fingerprint density at radius 2 is 2.16 bits per heavy atom. The van der Waals surface area contributed by atoms with E-state index in [4.69, 9.17) is 4.74 Å². The van der Waals surface area contributed by atoms with Gasteiger partial charge in [0.25, 0.3) is 0 Å². The number of pyridine rings is 1. The van der Waals surface area contributed by atoms with Gasteiger partial charge < -0.3 is 15.2 Å². The Bertz CT molecular complexity index is 515. The van der Waals surface area contributed by atoms with Crippen LogP contribution in [-0.2, 0) is 13.0 Å². The standard InChI is InChI=1S/C15H18N2O2/c1-19-14-6-2-5-13(15(14)18)11-17-9-7-12-4-3-8-16-10-12/h2-6,8,10,17-18H,7,9,11H2,1H3. The molecule has 0 spiro atoms. The summed E-state index contributed by atoms with van der Waals surface area (Å²) >= 11 is 0. The van der Waals surface area contributed by atoms with E-state index in [-0.39, 0.29) is 5.75 Å². The predicted molar refractivity (Wildman–Crippen MR) is 74.3 cm³/mol. The van der Waals surface area contributed by atoms with Crippen LogP contribution >= 0.6 is 0 Å². The van der Waals surface area contributed by atoms with Gasteiger partial charge in [-0.3, -0.25) is 4.98 Å². The topological polar surface area (TPSA) is 54.4 Å². The van der Waals surface area contributed by atoms with E-state index in [0.717, 1.165) is 18.5 Å². The van der Waals surface area contributed by atoms with Crippen LogP contribution in [0.4, 0.5) is 0 Å². The first kappa shape index (κ1) is 13.4. The zero-order chi connectivity index (χ0) is 13.5. The molecule has 0 bridgehead atoms. The van der Waals surface area contributed by atoms with Crippen LogP contribution < -0.4 is 10.1 Å². The summed E-state index contributed by atoms with van der Waals surface area (Å²) in [6.45, 7) is 1.45. The van der Waals surface area contributed by atoms with Crippen LogP contribution in [0.15, 0.2) is 42.7 Å². The van der Waals surface area contributed by atoms with Crippen molar-refractivity contribution in [2.45, 2.75) is 13.0 Å². The molecule has 0 atom stereocenters. The van der Waals surface area contributed by atoms with Crippen LogP contribution in [0.5, 0.6) is 11.5 Å². The van der Waals surface area contributed by atoms with Crippen molar-refractivity contribution in [3.8, 4) is 11.5 Å². The number of phenols is 1. The molecule has 1 aromatic heterocycles. The maximum atomic E-state index is 9.93. The molecule has 4 nitrogen and oxygen atoms in total. The maximum Gasteiger partial charge on any atom is 0.162 e. The van der Waals surface area contributed by atoms with Gasteiger partial charge >= 0.3 is 0 Å². The van der Waals surface area contributed by atoms with Crippen LogP contribution in [-0.4, -0.2) is 23.7 Å². The van der Waals surface area contributed by atoms with E-state index < -0.39 is 0 Å². The number of aromatic hydroxyl groups is 1. The molecule has 0 saturated heterocycles. The third-order valence-corrected chi connectivity index (χ3v) is 2.93. The van der Waals surface area contributed by atoms with Gasteiger partial charge in [-0.05, 0) is 30.7 Å². The third kappa shape index (κ3) is 3.69. The lowest BCUT2D eigenvalue weighted by Crippen LogP contribution is -2.16. The molecule has 19 heavy (non-hydrogen) atoms. The SMILES string of the molecule is COc1cccc(CNCCc2cccnc2)c1O. The summed E-state index contributed by atoms with van der Waals surface area (Å²) < 4.78 is 5.08. The molecule has 0 amide bonds. The van der Waals surface area contributed by atoms with Gasteiger partial charge in [0.2, 0.25) is 0 Å². The summed E-state index contributed by atoms with van der Waals surface area (Å²) in [6, 6.07) is 9.49. The zero-order valence-corrected chi connectivity index (χ0v) is 11.0. The van der Waals surface area contributed by atoms with E-state index in [1.54, 1.807) is 19.4 Å². The van der Waals surface area contributed by atoms with Gasteiger partial charge in [-0.2, -0.15) is 0 Å². The largest absolute Gasteiger partial charge is 0.504 e. The van der Waals surface area contributed by atoms with Crippen LogP contribution in [0.25, 0.3) is 0 Å². The smallest absolute Gasteiger partial charge is 0.162 e. The van der Waals surface area contributed by atoms with Crippen molar-refractivity contribution < 1.29 is 9.84 Å². The Kier molecular flexibility index (Phi) is 4.75. The first-order valence-corrected chi connectivity index (χ1v) is 6.25. The second-order valence-electron chi connectivity index (χ2n) is 4.26. The number of nitrogens with zero attached hydrogens (tertiary/aromatic N) is 1. The number of benzene rings is 1. The molecule has 2 N–H and O–H groups in total. The average Bonchev–Trinajstić information content (AvgIpc) is 2.46. The molecule has 0 unspecified atom stereocenters. The Morgan fingerprint density at radius 3 is 2.89 bits per heavy atom. The van der Waals surface area contributed by atoms with E-state index in [1.807, 2.05) is 24.4 Å². The second-order valence-corrected chi connectivity index (χ2v) is 4.26. The third-order valence-electron chi connectivity index (χ3n) is 2.93.